The van der Waals surface area contributed by atoms with Gasteiger partial charge in [0.25, 0.3) is 5.91 Å². The first-order chi connectivity index (χ1) is 11.8. The number of carbonyl (C=O) groups is 2. The van der Waals surface area contributed by atoms with Crippen LogP contribution >= 0.6 is 0 Å². The highest BCUT2D eigenvalue weighted by molar-refractivity contribution is 6.06. The molecule has 1 saturated heterocycles. The molecule has 1 aromatic carbocycles. The van der Waals surface area contributed by atoms with E-state index in [4.69, 9.17) is 5.73 Å². The van der Waals surface area contributed by atoms with E-state index in [9.17, 15) is 9.59 Å². The van der Waals surface area contributed by atoms with Crippen molar-refractivity contribution < 1.29 is 9.59 Å². The fourth-order valence-electron chi connectivity index (χ4n) is 3.86. The lowest BCUT2D eigenvalue weighted by Gasteiger charge is -2.32. The van der Waals surface area contributed by atoms with Crippen molar-refractivity contribution in [3.8, 4) is 0 Å². The van der Waals surface area contributed by atoms with E-state index in [1.807, 2.05) is 0 Å². The quantitative estimate of drug-likeness (QED) is 0.746. The van der Waals surface area contributed by atoms with Gasteiger partial charge in [0, 0.05) is 29.7 Å². The second kappa shape index (κ2) is 5.59. The summed E-state index contributed by atoms with van der Waals surface area (Å²) in [5.74, 6) is 0.370. The first-order valence-corrected chi connectivity index (χ1v) is 8.85. The van der Waals surface area contributed by atoms with Crippen LogP contribution in [0.25, 0.3) is 10.9 Å². The standard InChI is InChI=1S/C19H24N4O2/c1-19(2)17(24)23(18(25)22-19)6-5-11-3-4-16-14(7-11)15(10-21-16)12-8-13(20)9-12/h3-4,7,10,12-13,21H,5-6,8-9,20H2,1-2H3,(H,22,25). The number of carbonyl (C=O) groups excluding carboxylic acids is 2. The van der Waals surface area contributed by atoms with E-state index in [2.05, 4.69) is 34.7 Å². The van der Waals surface area contributed by atoms with Gasteiger partial charge in [-0.25, -0.2) is 4.79 Å². The van der Waals surface area contributed by atoms with Crippen LogP contribution in [0.15, 0.2) is 24.4 Å². The molecule has 2 aromatic rings. The van der Waals surface area contributed by atoms with E-state index in [0.717, 1.165) is 23.9 Å². The minimum atomic E-state index is -0.808. The lowest BCUT2D eigenvalue weighted by Crippen LogP contribution is -2.40. The van der Waals surface area contributed by atoms with Gasteiger partial charge in [-0.2, -0.15) is 0 Å². The molecular formula is C19H24N4O2. The van der Waals surface area contributed by atoms with Gasteiger partial charge in [0.2, 0.25) is 0 Å². The van der Waals surface area contributed by atoms with E-state index < -0.39 is 5.54 Å². The molecule has 2 aliphatic rings. The average molecular weight is 340 g/mol. The van der Waals surface area contributed by atoms with Gasteiger partial charge in [-0.1, -0.05) is 6.07 Å². The molecule has 4 N–H and O–H groups in total. The number of rotatable bonds is 4. The topological polar surface area (TPSA) is 91.2 Å². The molecule has 6 nitrogen and oxygen atoms in total. The Morgan fingerprint density at radius 2 is 2.04 bits per heavy atom. The van der Waals surface area contributed by atoms with Gasteiger partial charge in [0.1, 0.15) is 5.54 Å². The molecule has 1 aliphatic carbocycles. The Morgan fingerprint density at radius 1 is 1.28 bits per heavy atom. The zero-order valence-corrected chi connectivity index (χ0v) is 14.6. The summed E-state index contributed by atoms with van der Waals surface area (Å²) in [4.78, 5) is 28.9. The molecule has 1 aliphatic heterocycles. The minimum absolute atomic E-state index is 0.163. The fourth-order valence-corrected chi connectivity index (χ4v) is 3.86. The largest absolute Gasteiger partial charge is 0.361 e. The van der Waals surface area contributed by atoms with E-state index in [1.165, 1.54) is 15.8 Å². The molecule has 0 atom stereocenters. The van der Waals surface area contributed by atoms with Crippen molar-refractivity contribution in [3.05, 3.63) is 35.5 Å². The van der Waals surface area contributed by atoms with Crippen molar-refractivity contribution in [2.45, 2.75) is 50.6 Å². The second-order valence-corrected chi connectivity index (χ2v) is 7.81. The molecular weight excluding hydrogens is 316 g/mol. The highest BCUT2D eigenvalue weighted by Crippen LogP contribution is 2.39. The van der Waals surface area contributed by atoms with E-state index in [-0.39, 0.29) is 11.9 Å². The van der Waals surface area contributed by atoms with E-state index in [1.54, 1.807) is 13.8 Å². The molecule has 1 saturated carbocycles. The number of nitrogens with two attached hydrogens (primary N) is 1. The smallest absolute Gasteiger partial charge is 0.325 e. The molecule has 4 rings (SSSR count). The van der Waals surface area contributed by atoms with Crippen molar-refractivity contribution in [1.29, 1.82) is 0 Å². The Kier molecular flexibility index (Phi) is 3.61. The molecule has 25 heavy (non-hydrogen) atoms. The Balaban J connectivity index is 1.51. The number of H-pyrrole nitrogens is 1. The van der Waals surface area contributed by atoms with Crippen LogP contribution in [0.2, 0.25) is 0 Å². The number of aromatic amines is 1. The van der Waals surface area contributed by atoms with Gasteiger partial charge in [-0.05, 0) is 62.3 Å². The third-order valence-corrected chi connectivity index (χ3v) is 5.46. The number of imide groups is 1. The summed E-state index contributed by atoms with van der Waals surface area (Å²) in [6, 6.07) is 6.32. The third-order valence-electron chi connectivity index (χ3n) is 5.46. The Morgan fingerprint density at radius 3 is 2.68 bits per heavy atom. The van der Waals surface area contributed by atoms with Gasteiger partial charge in [0.05, 0.1) is 0 Å². The van der Waals surface area contributed by atoms with Gasteiger partial charge in [-0.3, -0.25) is 9.69 Å². The predicted molar refractivity (Wildman–Crippen MR) is 96.3 cm³/mol. The summed E-state index contributed by atoms with van der Waals surface area (Å²) in [5, 5.41) is 3.95. The zero-order valence-electron chi connectivity index (χ0n) is 14.6. The van der Waals surface area contributed by atoms with Crippen LogP contribution < -0.4 is 11.1 Å². The van der Waals surface area contributed by atoms with Crippen molar-refractivity contribution >= 4 is 22.8 Å². The van der Waals surface area contributed by atoms with E-state index >= 15 is 0 Å². The first-order valence-electron chi connectivity index (χ1n) is 8.85. The SMILES string of the molecule is CC1(C)NC(=O)N(CCc2ccc3[nH]cc(C4CC(N)C4)c3c2)C1=O. The van der Waals surface area contributed by atoms with E-state index in [0.29, 0.717) is 24.9 Å². The van der Waals surface area contributed by atoms with Crippen LogP contribution in [0.3, 0.4) is 0 Å². The molecule has 3 amide bonds. The number of hydrogen-bond acceptors (Lipinski definition) is 3. The summed E-state index contributed by atoms with van der Waals surface area (Å²) >= 11 is 0. The molecule has 1 aromatic heterocycles. The highest BCUT2D eigenvalue weighted by Gasteiger charge is 2.43. The van der Waals surface area contributed by atoms with Crippen LogP contribution in [0.4, 0.5) is 4.79 Å². The average Bonchev–Trinajstić information content (AvgIpc) is 3.01. The Hall–Kier alpha value is -2.34. The second-order valence-electron chi connectivity index (χ2n) is 7.81. The Bertz CT molecular complexity index is 848. The molecule has 0 unspecified atom stereocenters. The van der Waals surface area contributed by atoms with Crippen LogP contribution in [0.5, 0.6) is 0 Å². The highest BCUT2D eigenvalue weighted by atomic mass is 16.2. The number of nitrogens with zero attached hydrogens (tertiary/aromatic N) is 1. The number of fused-ring (bicyclic) bond motifs is 1. The molecule has 0 radical (unpaired) electrons. The van der Waals surface area contributed by atoms with Gasteiger partial charge in [0.15, 0.2) is 0 Å². The number of hydrogen-bond donors (Lipinski definition) is 3. The molecule has 2 fully saturated rings. The number of amides is 3. The predicted octanol–water partition coefficient (Wildman–Crippen LogP) is 2.25. The number of nitrogens with one attached hydrogen (secondary N) is 2. The molecule has 0 bridgehead atoms. The number of aromatic nitrogens is 1. The van der Waals surface area contributed by atoms with Gasteiger partial charge in [-0.15, -0.1) is 0 Å². The first kappa shape index (κ1) is 16.1. The molecule has 6 heteroatoms. The third kappa shape index (κ3) is 2.70. The van der Waals surface area contributed by atoms with Crippen molar-refractivity contribution in [1.82, 2.24) is 15.2 Å². The minimum Gasteiger partial charge on any atom is -0.361 e. The van der Waals surface area contributed by atoms with Crippen LogP contribution in [-0.2, 0) is 11.2 Å². The summed E-state index contributed by atoms with van der Waals surface area (Å²) in [5.41, 5.74) is 8.70. The lowest BCUT2D eigenvalue weighted by atomic mass is 9.76. The van der Waals surface area contributed by atoms with Crippen molar-refractivity contribution in [2.75, 3.05) is 6.54 Å². The van der Waals surface area contributed by atoms with Crippen LogP contribution in [0, 0.1) is 0 Å². The zero-order chi connectivity index (χ0) is 17.8. The lowest BCUT2D eigenvalue weighted by molar-refractivity contribution is -0.130. The summed E-state index contributed by atoms with van der Waals surface area (Å²) < 4.78 is 0. The number of benzene rings is 1. The summed E-state index contributed by atoms with van der Waals surface area (Å²) in [6.07, 6.45) is 4.81. The van der Waals surface area contributed by atoms with Gasteiger partial charge < -0.3 is 16.0 Å². The fraction of sp³-hybridized carbons (Fsp3) is 0.474. The van der Waals surface area contributed by atoms with Crippen molar-refractivity contribution in [2.24, 2.45) is 5.73 Å². The summed E-state index contributed by atoms with van der Waals surface area (Å²) in [6.45, 7) is 3.86. The van der Waals surface area contributed by atoms with Crippen LogP contribution in [0.1, 0.15) is 43.7 Å². The molecule has 0 spiro atoms. The number of urea groups is 1. The summed E-state index contributed by atoms with van der Waals surface area (Å²) in [7, 11) is 0. The Labute approximate surface area is 146 Å². The maximum Gasteiger partial charge on any atom is 0.325 e. The normalized spacial score (nSPS) is 25.3. The maximum absolute atomic E-state index is 12.3. The van der Waals surface area contributed by atoms with Crippen LogP contribution in [-0.4, -0.2) is 39.9 Å². The maximum atomic E-state index is 12.3. The van der Waals surface area contributed by atoms with Crippen molar-refractivity contribution in [3.63, 3.8) is 0 Å². The van der Waals surface area contributed by atoms with Gasteiger partial charge >= 0.3 is 6.03 Å². The molecule has 132 valence electrons. The monoisotopic (exact) mass is 340 g/mol. The molecule has 2 heterocycles.